The zero-order valence-electron chi connectivity index (χ0n) is 8.08. The number of hydrogen-bond donors (Lipinski definition) is 0. The number of esters is 1. The lowest BCUT2D eigenvalue weighted by Gasteiger charge is -2.31. The van der Waals surface area contributed by atoms with E-state index in [-0.39, 0.29) is 18.0 Å². The molecule has 1 amide bonds. The van der Waals surface area contributed by atoms with E-state index < -0.39 is 0 Å². The fraction of sp³-hybridized carbons (Fsp3) is 0.778. The number of carbonyl (C=O) groups excluding carboxylic acids is 2. The molecule has 13 heavy (non-hydrogen) atoms. The second kappa shape index (κ2) is 4.25. The zero-order chi connectivity index (χ0) is 9.84. The lowest BCUT2D eigenvalue weighted by atomic mass is 10.1. The van der Waals surface area contributed by atoms with Crippen LogP contribution in [0.2, 0.25) is 0 Å². The van der Waals surface area contributed by atoms with E-state index >= 15 is 0 Å². The van der Waals surface area contributed by atoms with Gasteiger partial charge in [0.2, 0.25) is 5.91 Å². The average molecular weight is 185 g/mol. The van der Waals surface area contributed by atoms with E-state index in [0.717, 1.165) is 19.4 Å². The minimum absolute atomic E-state index is 0.0526. The Labute approximate surface area is 77.8 Å². The molecule has 1 heterocycles. The number of amides is 1. The Morgan fingerprint density at radius 2 is 2.08 bits per heavy atom. The summed E-state index contributed by atoms with van der Waals surface area (Å²) in [5, 5.41) is 0. The summed E-state index contributed by atoms with van der Waals surface area (Å²) < 4.78 is 5.04. The molecule has 0 bridgehead atoms. The summed E-state index contributed by atoms with van der Waals surface area (Å²) in [4.78, 5) is 23.4. The van der Waals surface area contributed by atoms with Gasteiger partial charge in [0.1, 0.15) is 6.10 Å². The second-order valence-electron chi connectivity index (χ2n) is 3.34. The molecule has 0 spiro atoms. The number of carbonyl (C=O) groups is 2. The van der Waals surface area contributed by atoms with Crippen molar-refractivity contribution in [3.8, 4) is 0 Å². The van der Waals surface area contributed by atoms with Gasteiger partial charge in [-0.3, -0.25) is 9.59 Å². The Balaban J connectivity index is 2.41. The Morgan fingerprint density at radius 1 is 1.38 bits per heavy atom. The molecular formula is C9H15NO3. The summed E-state index contributed by atoms with van der Waals surface area (Å²) in [5.41, 5.74) is 0. The number of ether oxygens (including phenoxy) is 1. The molecule has 0 radical (unpaired) electrons. The van der Waals surface area contributed by atoms with Gasteiger partial charge in [-0.1, -0.05) is 0 Å². The Morgan fingerprint density at radius 3 is 2.62 bits per heavy atom. The predicted octanol–water partition coefficient (Wildman–Crippen LogP) is 0.560. The van der Waals surface area contributed by atoms with Crippen LogP contribution < -0.4 is 0 Å². The van der Waals surface area contributed by atoms with E-state index in [4.69, 9.17) is 4.74 Å². The van der Waals surface area contributed by atoms with Crippen molar-refractivity contribution in [2.75, 3.05) is 13.1 Å². The van der Waals surface area contributed by atoms with Gasteiger partial charge in [-0.05, 0) is 12.8 Å². The van der Waals surface area contributed by atoms with Gasteiger partial charge in [0, 0.05) is 20.4 Å². The quantitative estimate of drug-likeness (QED) is 0.561. The molecule has 4 nitrogen and oxygen atoms in total. The zero-order valence-corrected chi connectivity index (χ0v) is 8.08. The summed E-state index contributed by atoms with van der Waals surface area (Å²) in [6.45, 7) is 4.27. The van der Waals surface area contributed by atoms with Crippen LogP contribution in [0.4, 0.5) is 0 Å². The monoisotopic (exact) mass is 185 g/mol. The second-order valence-corrected chi connectivity index (χ2v) is 3.34. The molecule has 0 N–H and O–H groups in total. The standard InChI is InChI=1S/C9H15NO3/c1-7(11)10-5-3-4-9(6-10)13-8(2)12/h9H,3-6H2,1-2H3. The Bertz CT molecular complexity index is 215. The van der Waals surface area contributed by atoms with Crippen LogP contribution >= 0.6 is 0 Å². The summed E-state index contributed by atoms with van der Waals surface area (Å²) in [7, 11) is 0. The Hall–Kier alpha value is -1.06. The van der Waals surface area contributed by atoms with Gasteiger partial charge >= 0.3 is 5.97 Å². The van der Waals surface area contributed by atoms with Crippen LogP contribution in [0.3, 0.4) is 0 Å². The minimum atomic E-state index is -0.268. The van der Waals surface area contributed by atoms with Crippen molar-refractivity contribution in [1.82, 2.24) is 4.90 Å². The maximum Gasteiger partial charge on any atom is 0.302 e. The van der Waals surface area contributed by atoms with Gasteiger partial charge in [-0.25, -0.2) is 0 Å². The maximum atomic E-state index is 11.0. The van der Waals surface area contributed by atoms with E-state index in [1.807, 2.05) is 0 Å². The minimum Gasteiger partial charge on any atom is -0.461 e. The first kappa shape index (κ1) is 10.0. The molecule has 1 fully saturated rings. The number of rotatable bonds is 1. The van der Waals surface area contributed by atoms with E-state index in [1.165, 1.54) is 13.8 Å². The molecular weight excluding hydrogens is 170 g/mol. The van der Waals surface area contributed by atoms with Crippen LogP contribution in [0, 0.1) is 0 Å². The highest BCUT2D eigenvalue weighted by atomic mass is 16.5. The molecule has 1 atom stereocenters. The van der Waals surface area contributed by atoms with Crippen LogP contribution in [0.5, 0.6) is 0 Å². The van der Waals surface area contributed by atoms with E-state index in [2.05, 4.69) is 0 Å². The van der Waals surface area contributed by atoms with E-state index in [1.54, 1.807) is 4.90 Å². The fourth-order valence-electron chi connectivity index (χ4n) is 1.56. The third-order valence-electron chi connectivity index (χ3n) is 2.16. The van der Waals surface area contributed by atoms with Crippen molar-refractivity contribution in [2.45, 2.75) is 32.8 Å². The maximum absolute atomic E-state index is 11.0. The topological polar surface area (TPSA) is 46.6 Å². The normalized spacial score (nSPS) is 22.6. The van der Waals surface area contributed by atoms with Gasteiger partial charge in [-0.15, -0.1) is 0 Å². The first-order valence-corrected chi connectivity index (χ1v) is 4.52. The summed E-state index contributed by atoms with van der Waals surface area (Å²) in [5.74, 6) is -0.216. The fourth-order valence-corrected chi connectivity index (χ4v) is 1.56. The molecule has 1 saturated heterocycles. The summed E-state index contributed by atoms with van der Waals surface area (Å²) in [6, 6.07) is 0. The molecule has 0 aromatic heterocycles. The highest BCUT2D eigenvalue weighted by molar-refractivity contribution is 5.73. The van der Waals surface area contributed by atoms with Crippen molar-refractivity contribution >= 4 is 11.9 Å². The van der Waals surface area contributed by atoms with Crippen LogP contribution in [-0.4, -0.2) is 36.0 Å². The van der Waals surface area contributed by atoms with Gasteiger partial charge in [0.25, 0.3) is 0 Å². The molecule has 0 aromatic carbocycles. The van der Waals surface area contributed by atoms with Gasteiger partial charge in [0.05, 0.1) is 6.54 Å². The Kier molecular flexibility index (Phi) is 3.28. The molecule has 74 valence electrons. The van der Waals surface area contributed by atoms with Crippen molar-refractivity contribution in [3.63, 3.8) is 0 Å². The smallest absolute Gasteiger partial charge is 0.302 e. The molecule has 1 aliphatic rings. The lowest BCUT2D eigenvalue weighted by molar-refractivity contribution is -0.151. The number of piperidine rings is 1. The summed E-state index contributed by atoms with van der Waals surface area (Å²) in [6.07, 6.45) is 1.68. The number of hydrogen-bond acceptors (Lipinski definition) is 3. The third-order valence-corrected chi connectivity index (χ3v) is 2.16. The van der Waals surface area contributed by atoms with Crippen molar-refractivity contribution < 1.29 is 14.3 Å². The van der Waals surface area contributed by atoms with Crippen LogP contribution in [0.15, 0.2) is 0 Å². The van der Waals surface area contributed by atoms with Gasteiger partial charge in [0.15, 0.2) is 0 Å². The molecule has 4 heteroatoms. The van der Waals surface area contributed by atoms with Crippen molar-refractivity contribution in [2.24, 2.45) is 0 Å². The highest BCUT2D eigenvalue weighted by Gasteiger charge is 2.23. The van der Waals surface area contributed by atoms with Crippen LogP contribution in [0.25, 0.3) is 0 Å². The molecule has 1 unspecified atom stereocenters. The van der Waals surface area contributed by atoms with Crippen molar-refractivity contribution in [1.29, 1.82) is 0 Å². The molecule has 1 aliphatic heterocycles. The molecule has 0 saturated carbocycles. The van der Waals surface area contributed by atoms with Crippen LogP contribution in [0.1, 0.15) is 26.7 Å². The first-order chi connectivity index (χ1) is 6.09. The number of likely N-dealkylation sites (tertiary alicyclic amines) is 1. The third kappa shape index (κ3) is 3.05. The summed E-state index contributed by atoms with van der Waals surface area (Å²) >= 11 is 0. The molecule has 0 aliphatic carbocycles. The van der Waals surface area contributed by atoms with Gasteiger partial charge < -0.3 is 9.64 Å². The number of nitrogens with zero attached hydrogens (tertiary/aromatic N) is 1. The first-order valence-electron chi connectivity index (χ1n) is 4.52. The molecule has 0 aromatic rings. The molecule has 1 rings (SSSR count). The SMILES string of the molecule is CC(=O)OC1CCCN(C(C)=O)C1. The van der Waals surface area contributed by atoms with Gasteiger partial charge in [-0.2, -0.15) is 0 Å². The van der Waals surface area contributed by atoms with E-state index in [9.17, 15) is 9.59 Å². The van der Waals surface area contributed by atoms with Crippen LogP contribution in [-0.2, 0) is 14.3 Å². The van der Waals surface area contributed by atoms with E-state index in [0.29, 0.717) is 6.54 Å². The lowest BCUT2D eigenvalue weighted by Crippen LogP contribution is -2.42. The largest absolute Gasteiger partial charge is 0.461 e. The van der Waals surface area contributed by atoms with Crippen molar-refractivity contribution in [3.05, 3.63) is 0 Å². The highest BCUT2D eigenvalue weighted by Crippen LogP contribution is 2.13. The average Bonchev–Trinajstić information content (AvgIpc) is 2.03. The predicted molar refractivity (Wildman–Crippen MR) is 47.0 cm³/mol.